The van der Waals surface area contributed by atoms with Crippen LogP contribution in [0.1, 0.15) is 30.3 Å². The molecule has 1 aliphatic carbocycles. The van der Waals surface area contributed by atoms with Crippen LogP contribution in [0.3, 0.4) is 0 Å². The molecule has 1 saturated carbocycles. The number of aromatic nitrogens is 1. The highest BCUT2D eigenvalue weighted by molar-refractivity contribution is 5.92. The molecule has 15 heavy (non-hydrogen) atoms. The number of H-pyrrole nitrogens is 1. The Morgan fingerprint density at radius 3 is 3.00 bits per heavy atom. The lowest BCUT2D eigenvalue weighted by molar-refractivity contribution is 0.0943. The summed E-state index contributed by atoms with van der Waals surface area (Å²) in [5, 5.41) is 2.89. The van der Waals surface area contributed by atoms with Crippen LogP contribution in [-0.4, -0.2) is 16.9 Å². The maximum atomic E-state index is 11.6. The van der Waals surface area contributed by atoms with Gasteiger partial charge in [-0.2, -0.15) is 0 Å². The fourth-order valence-corrected chi connectivity index (χ4v) is 1.70. The summed E-state index contributed by atoms with van der Waals surface area (Å²) in [7, 11) is 0. The van der Waals surface area contributed by atoms with Crippen LogP contribution in [0.2, 0.25) is 0 Å². The summed E-state index contributed by atoms with van der Waals surface area (Å²) in [4.78, 5) is 25.1. The van der Waals surface area contributed by atoms with Gasteiger partial charge in [0.25, 0.3) is 5.91 Å². The average molecular weight is 206 g/mol. The van der Waals surface area contributed by atoms with Gasteiger partial charge in [-0.15, -0.1) is 0 Å². The van der Waals surface area contributed by atoms with E-state index in [1.165, 1.54) is 6.07 Å². The zero-order valence-electron chi connectivity index (χ0n) is 8.62. The summed E-state index contributed by atoms with van der Waals surface area (Å²) in [6, 6.07) is 4.88. The van der Waals surface area contributed by atoms with Crippen molar-refractivity contribution in [1.29, 1.82) is 0 Å². The number of aromatic amines is 1. The van der Waals surface area contributed by atoms with Crippen molar-refractivity contribution in [3.05, 3.63) is 34.2 Å². The van der Waals surface area contributed by atoms with E-state index in [1.807, 2.05) is 0 Å². The van der Waals surface area contributed by atoms with Gasteiger partial charge in [0.2, 0.25) is 5.56 Å². The van der Waals surface area contributed by atoms with E-state index in [9.17, 15) is 9.59 Å². The smallest absolute Gasteiger partial charge is 0.268 e. The largest absolute Gasteiger partial charge is 0.348 e. The normalized spacial score (nSPS) is 23.5. The number of rotatable bonds is 3. The maximum absolute atomic E-state index is 11.6. The molecule has 0 radical (unpaired) electrons. The van der Waals surface area contributed by atoms with Crippen LogP contribution in [0.5, 0.6) is 0 Å². The van der Waals surface area contributed by atoms with Crippen molar-refractivity contribution in [2.75, 3.05) is 0 Å². The van der Waals surface area contributed by atoms with Gasteiger partial charge in [0.15, 0.2) is 0 Å². The Balaban J connectivity index is 2.00. The second kappa shape index (κ2) is 3.88. The number of carbonyl (C=O) groups is 1. The van der Waals surface area contributed by atoms with Gasteiger partial charge in [-0.3, -0.25) is 9.59 Å². The number of amides is 1. The van der Waals surface area contributed by atoms with Gasteiger partial charge in [-0.05, 0) is 18.4 Å². The number of pyridine rings is 1. The molecule has 0 saturated heterocycles. The summed E-state index contributed by atoms with van der Waals surface area (Å²) in [5.41, 5.74) is 0.0924. The first-order valence-electron chi connectivity index (χ1n) is 5.21. The fraction of sp³-hybridized carbons (Fsp3) is 0.455. The van der Waals surface area contributed by atoms with Crippen LogP contribution in [-0.2, 0) is 0 Å². The van der Waals surface area contributed by atoms with Crippen molar-refractivity contribution in [3.63, 3.8) is 0 Å². The third kappa shape index (κ3) is 2.26. The molecule has 2 N–H and O–H groups in total. The molecule has 1 fully saturated rings. The fourth-order valence-electron chi connectivity index (χ4n) is 1.70. The molecule has 1 amide bonds. The van der Waals surface area contributed by atoms with Gasteiger partial charge in [-0.25, -0.2) is 0 Å². The zero-order chi connectivity index (χ0) is 10.8. The standard InChI is InChI=1S/C11H14N2O2/c1-2-7-6-9(7)13-11(15)8-4-3-5-10(14)12-8/h3-5,7,9H,2,6H2,1H3,(H,12,14)(H,13,15). The molecular formula is C11H14N2O2. The maximum Gasteiger partial charge on any atom is 0.268 e. The van der Waals surface area contributed by atoms with Crippen LogP contribution in [0, 0.1) is 5.92 Å². The highest BCUT2D eigenvalue weighted by Crippen LogP contribution is 2.33. The average Bonchev–Trinajstić information content (AvgIpc) is 2.96. The van der Waals surface area contributed by atoms with Crippen LogP contribution >= 0.6 is 0 Å². The molecule has 0 aromatic carbocycles. The van der Waals surface area contributed by atoms with Gasteiger partial charge in [0, 0.05) is 12.1 Å². The van der Waals surface area contributed by atoms with Gasteiger partial charge in [-0.1, -0.05) is 19.4 Å². The Morgan fingerprint density at radius 2 is 2.40 bits per heavy atom. The zero-order valence-corrected chi connectivity index (χ0v) is 8.62. The molecule has 2 rings (SSSR count). The molecule has 4 nitrogen and oxygen atoms in total. The van der Waals surface area contributed by atoms with E-state index in [0.717, 1.165) is 12.8 Å². The van der Waals surface area contributed by atoms with Crippen molar-refractivity contribution in [2.45, 2.75) is 25.8 Å². The minimum atomic E-state index is -0.245. The van der Waals surface area contributed by atoms with E-state index in [-0.39, 0.29) is 11.5 Å². The number of hydrogen-bond donors (Lipinski definition) is 2. The topological polar surface area (TPSA) is 62.0 Å². The Bertz CT molecular complexity index is 425. The van der Waals surface area contributed by atoms with E-state index in [0.29, 0.717) is 17.7 Å². The van der Waals surface area contributed by atoms with Crippen LogP contribution in [0.25, 0.3) is 0 Å². The van der Waals surface area contributed by atoms with Crippen LogP contribution in [0.4, 0.5) is 0 Å². The Morgan fingerprint density at radius 1 is 1.60 bits per heavy atom. The summed E-state index contributed by atoms with van der Waals surface area (Å²) in [6.07, 6.45) is 2.15. The number of hydrogen-bond acceptors (Lipinski definition) is 2. The summed E-state index contributed by atoms with van der Waals surface area (Å²) >= 11 is 0. The first-order valence-corrected chi connectivity index (χ1v) is 5.21. The lowest BCUT2D eigenvalue weighted by Gasteiger charge is -2.03. The van der Waals surface area contributed by atoms with E-state index in [1.54, 1.807) is 12.1 Å². The molecule has 0 spiro atoms. The molecule has 1 heterocycles. The highest BCUT2D eigenvalue weighted by atomic mass is 16.2. The first kappa shape index (κ1) is 9.96. The number of nitrogens with one attached hydrogen (secondary N) is 2. The summed E-state index contributed by atoms with van der Waals surface area (Å²) in [5.74, 6) is 0.429. The minimum Gasteiger partial charge on any atom is -0.348 e. The lowest BCUT2D eigenvalue weighted by atomic mass is 10.3. The second-order valence-corrected chi connectivity index (χ2v) is 3.91. The van der Waals surface area contributed by atoms with Crippen LogP contribution < -0.4 is 10.9 Å². The molecule has 80 valence electrons. The van der Waals surface area contributed by atoms with Crippen molar-refractivity contribution in [2.24, 2.45) is 5.92 Å². The molecule has 2 atom stereocenters. The monoisotopic (exact) mass is 206 g/mol. The lowest BCUT2D eigenvalue weighted by Crippen LogP contribution is -2.28. The third-order valence-electron chi connectivity index (χ3n) is 2.78. The van der Waals surface area contributed by atoms with E-state index < -0.39 is 0 Å². The van der Waals surface area contributed by atoms with E-state index in [2.05, 4.69) is 17.2 Å². The molecule has 1 aromatic rings. The van der Waals surface area contributed by atoms with Crippen molar-refractivity contribution >= 4 is 5.91 Å². The predicted octanol–water partition coefficient (Wildman–Crippen LogP) is 0.903. The molecule has 0 aliphatic heterocycles. The van der Waals surface area contributed by atoms with E-state index >= 15 is 0 Å². The van der Waals surface area contributed by atoms with Crippen molar-refractivity contribution in [1.82, 2.24) is 10.3 Å². The van der Waals surface area contributed by atoms with E-state index in [4.69, 9.17) is 0 Å². The summed E-state index contributed by atoms with van der Waals surface area (Å²) < 4.78 is 0. The Hall–Kier alpha value is -1.58. The van der Waals surface area contributed by atoms with Crippen molar-refractivity contribution in [3.8, 4) is 0 Å². The highest BCUT2D eigenvalue weighted by Gasteiger charge is 2.36. The molecular weight excluding hydrogens is 192 g/mol. The molecule has 1 aromatic heterocycles. The van der Waals surface area contributed by atoms with Gasteiger partial charge in [0.1, 0.15) is 5.69 Å². The van der Waals surface area contributed by atoms with Gasteiger partial charge >= 0.3 is 0 Å². The quantitative estimate of drug-likeness (QED) is 0.772. The molecule has 0 bridgehead atoms. The third-order valence-corrected chi connectivity index (χ3v) is 2.78. The number of carbonyl (C=O) groups excluding carboxylic acids is 1. The molecule has 2 unspecified atom stereocenters. The minimum absolute atomic E-state index is 0.186. The SMILES string of the molecule is CCC1CC1NC(=O)c1cccc(=O)[nH]1. The Labute approximate surface area is 87.7 Å². The summed E-state index contributed by atoms with van der Waals surface area (Å²) in [6.45, 7) is 2.11. The molecule has 4 heteroatoms. The van der Waals surface area contributed by atoms with Gasteiger partial charge < -0.3 is 10.3 Å². The molecule has 1 aliphatic rings. The predicted molar refractivity (Wildman–Crippen MR) is 56.7 cm³/mol. The van der Waals surface area contributed by atoms with Gasteiger partial charge in [0.05, 0.1) is 0 Å². The first-order chi connectivity index (χ1) is 7.20. The van der Waals surface area contributed by atoms with Crippen LogP contribution in [0.15, 0.2) is 23.0 Å². The Kier molecular flexibility index (Phi) is 2.58. The second-order valence-electron chi connectivity index (χ2n) is 3.91. The van der Waals surface area contributed by atoms with Crippen molar-refractivity contribution < 1.29 is 4.79 Å².